The molecule has 0 aromatic carbocycles. The lowest BCUT2D eigenvalue weighted by Gasteiger charge is -1.73. The van der Waals surface area contributed by atoms with Crippen molar-refractivity contribution in [3.05, 3.63) is 0 Å². The van der Waals surface area contributed by atoms with Crippen LogP contribution in [0.3, 0.4) is 0 Å². The first-order valence-corrected chi connectivity index (χ1v) is 4.98. The molecule has 0 spiro atoms. The highest BCUT2D eigenvalue weighted by atomic mass is 27.1. The number of amides is 1. The molecule has 0 aromatic heterocycles. The third kappa shape index (κ3) is 37.5. The zero-order valence-electron chi connectivity index (χ0n) is 5.68. The van der Waals surface area contributed by atoms with Crippen molar-refractivity contribution in [1.82, 2.24) is 0 Å². The molecule has 0 bridgehead atoms. The maximum atomic E-state index is 8.58. The molecule has 0 atom stereocenters. The summed E-state index contributed by atoms with van der Waals surface area (Å²) in [5.74, 6) is 0. The van der Waals surface area contributed by atoms with Crippen molar-refractivity contribution < 1.29 is 4.79 Å². The van der Waals surface area contributed by atoms with Gasteiger partial charge in [0.1, 0.15) is 0 Å². The number of rotatable bonds is 2. The van der Waals surface area contributed by atoms with E-state index in [1.165, 1.54) is 10.6 Å². The van der Waals surface area contributed by atoms with Gasteiger partial charge < -0.3 is 5.73 Å². The van der Waals surface area contributed by atoms with Crippen LogP contribution in [-0.2, 0) is 4.79 Å². The Kier molecular flexibility index (Phi) is 21.4. The molecule has 2 N–H and O–H groups in total. The molecule has 2 nitrogen and oxygen atoms in total. The molecule has 48 valence electrons. The number of carbonyl (C=O) groups excluding carboxylic acids is 1. The second-order valence-electron chi connectivity index (χ2n) is 1.49. The Labute approximate surface area is 57.2 Å². The second-order valence-corrected chi connectivity index (χ2v) is 4.20. The van der Waals surface area contributed by atoms with E-state index in [1.54, 1.807) is 0 Å². The molecular formula is C5H14AlNO. The first kappa shape index (κ1) is 10.9. The minimum atomic E-state index is 0.250. The fourth-order valence-electron chi connectivity index (χ4n) is 0.354. The van der Waals surface area contributed by atoms with Crippen LogP contribution in [0.1, 0.15) is 13.8 Å². The number of hydrogen-bond acceptors (Lipinski definition) is 1. The summed E-state index contributed by atoms with van der Waals surface area (Å²) in [6.45, 7) is 4.55. The predicted octanol–water partition coefficient (Wildman–Crippen LogP) is 0.401. The maximum absolute atomic E-state index is 8.58. The van der Waals surface area contributed by atoms with E-state index in [0.29, 0.717) is 15.2 Å². The van der Waals surface area contributed by atoms with E-state index >= 15 is 0 Å². The third-order valence-electron chi connectivity index (χ3n) is 0.707. The Morgan fingerprint density at radius 1 is 1.50 bits per heavy atom. The van der Waals surface area contributed by atoms with Gasteiger partial charge in [0.25, 0.3) is 0 Å². The summed E-state index contributed by atoms with van der Waals surface area (Å²) in [5.41, 5.74) is 4.17. The fourth-order valence-corrected chi connectivity index (χ4v) is 1.06. The number of hydrogen-bond donors (Lipinski definition) is 1. The van der Waals surface area contributed by atoms with Crippen molar-refractivity contribution in [2.24, 2.45) is 5.73 Å². The van der Waals surface area contributed by atoms with E-state index in [0.717, 1.165) is 0 Å². The quantitative estimate of drug-likeness (QED) is 0.428. The minimum Gasteiger partial charge on any atom is -0.372 e. The Morgan fingerprint density at radius 2 is 1.75 bits per heavy atom. The van der Waals surface area contributed by atoms with Crippen LogP contribution in [0.4, 0.5) is 0 Å². The van der Waals surface area contributed by atoms with E-state index in [4.69, 9.17) is 4.79 Å². The smallest absolute Gasteiger partial charge is 0.236 e. The molecule has 3 heteroatoms. The summed E-state index contributed by atoms with van der Waals surface area (Å²) in [5, 5.41) is 2.97. The van der Waals surface area contributed by atoms with Gasteiger partial charge in [0.15, 0.2) is 0 Å². The van der Waals surface area contributed by atoms with Gasteiger partial charge in [-0.25, -0.2) is 0 Å². The molecule has 0 aromatic rings. The summed E-state index contributed by atoms with van der Waals surface area (Å²) >= 11 is 0.432. The van der Waals surface area contributed by atoms with E-state index in [9.17, 15) is 0 Å². The lowest BCUT2D eigenvalue weighted by atomic mass is 10.9. The van der Waals surface area contributed by atoms with Crippen LogP contribution >= 0.6 is 0 Å². The standard InChI is InChI=1S/2C2H5.CH3NO.Al.H/c2*1-2;2-1-3;;/h2*1H2,2H3;1H,(H2,2,3);;. The van der Waals surface area contributed by atoms with Crippen molar-refractivity contribution in [1.29, 1.82) is 0 Å². The average Bonchev–Trinajstić information content (AvgIpc) is 1.71. The number of nitrogens with two attached hydrogens (primary N) is 1. The Morgan fingerprint density at radius 3 is 1.75 bits per heavy atom. The molecule has 0 rings (SSSR count). The minimum absolute atomic E-state index is 0.250. The SMILES string of the molecule is C[CH2][AlH][CH2]C.NC=O. The molecule has 0 saturated carbocycles. The fraction of sp³-hybridized carbons (Fsp3) is 0.800. The molecule has 0 heterocycles. The van der Waals surface area contributed by atoms with Crippen LogP contribution in [-0.4, -0.2) is 21.6 Å². The highest BCUT2D eigenvalue weighted by molar-refractivity contribution is 6.34. The lowest BCUT2D eigenvalue weighted by molar-refractivity contribution is -0.106. The number of primary amides is 1. The molecule has 0 unspecified atom stereocenters. The van der Waals surface area contributed by atoms with Gasteiger partial charge in [-0.1, -0.05) is 13.8 Å². The molecule has 0 aliphatic heterocycles. The van der Waals surface area contributed by atoms with Gasteiger partial charge in [-0.05, 0) is 0 Å². The Bertz CT molecular complexity index is 39.4. The van der Waals surface area contributed by atoms with Gasteiger partial charge >= 0.3 is 0 Å². The summed E-state index contributed by atoms with van der Waals surface area (Å²) in [7, 11) is 0. The van der Waals surface area contributed by atoms with Crippen LogP contribution in [0.2, 0.25) is 10.6 Å². The molecule has 0 saturated heterocycles. The van der Waals surface area contributed by atoms with Crippen LogP contribution in [0.25, 0.3) is 0 Å². The normalized spacial score (nSPS) is 6.25. The highest BCUT2D eigenvalue weighted by Crippen LogP contribution is 1.77. The summed E-state index contributed by atoms with van der Waals surface area (Å²) < 4.78 is 0. The van der Waals surface area contributed by atoms with Crippen LogP contribution in [0.15, 0.2) is 0 Å². The maximum Gasteiger partial charge on any atom is 0.236 e. The van der Waals surface area contributed by atoms with Gasteiger partial charge in [0.2, 0.25) is 21.6 Å². The van der Waals surface area contributed by atoms with Crippen molar-refractivity contribution >= 4 is 21.6 Å². The monoisotopic (exact) mass is 131 g/mol. The van der Waals surface area contributed by atoms with Gasteiger partial charge in [0, 0.05) is 0 Å². The zero-order valence-corrected chi connectivity index (χ0v) is 7.10. The first-order valence-electron chi connectivity index (χ1n) is 2.98. The van der Waals surface area contributed by atoms with E-state index in [-0.39, 0.29) is 6.41 Å². The van der Waals surface area contributed by atoms with E-state index in [2.05, 4.69) is 19.6 Å². The largest absolute Gasteiger partial charge is 0.372 e. The molecular weight excluding hydrogens is 117 g/mol. The molecule has 8 heavy (non-hydrogen) atoms. The molecule has 0 aliphatic carbocycles. The number of carbonyl (C=O) groups is 1. The average molecular weight is 131 g/mol. The molecule has 0 radical (unpaired) electrons. The molecule has 0 fully saturated rings. The topological polar surface area (TPSA) is 43.1 Å². The first-order chi connectivity index (χ1) is 3.83. The van der Waals surface area contributed by atoms with Crippen molar-refractivity contribution in [3.8, 4) is 0 Å². The van der Waals surface area contributed by atoms with Crippen molar-refractivity contribution in [3.63, 3.8) is 0 Å². The van der Waals surface area contributed by atoms with Gasteiger partial charge in [0.05, 0.1) is 0 Å². The van der Waals surface area contributed by atoms with Crippen LogP contribution < -0.4 is 5.73 Å². The highest BCUT2D eigenvalue weighted by Gasteiger charge is 1.76. The van der Waals surface area contributed by atoms with E-state index in [1.807, 2.05) is 0 Å². The molecule has 0 aliphatic rings. The van der Waals surface area contributed by atoms with Crippen molar-refractivity contribution in [2.75, 3.05) is 0 Å². The Balaban J connectivity index is 0. The summed E-state index contributed by atoms with van der Waals surface area (Å²) in [6, 6.07) is 0. The third-order valence-corrected chi connectivity index (χ3v) is 2.12. The zero-order chi connectivity index (χ0) is 6.83. The van der Waals surface area contributed by atoms with Crippen LogP contribution in [0.5, 0.6) is 0 Å². The van der Waals surface area contributed by atoms with Crippen molar-refractivity contribution in [2.45, 2.75) is 24.4 Å². The molecule has 1 amide bonds. The summed E-state index contributed by atoms with van der Waals surface area (Å²) in [6.07, 6.45) is 0.250. The van der Waals surface area contributed by atoms with Gasteiger partial charge in [-0.3, -0.25) is 4.79 Å². The lowest BCUT2D eigenvalue weighted by Crippen LogP contribution is -1.82. The van der Waals surface area contributed by atoms with Gasteiger partial charge in [-0.15, -0.1) is 10.6 Å². The van der Waals surface area contributed by atoms with Crippen LogP contribution in [0, 0.1) is 0 Å². The predicted molar refractivity (Wildman–Crippen MR) is 38.4 cm³/mol. The second kappa shape index (κ2) is 15.7. The Hall–Kier alpha value is 0.00247. The van der Waals surface area contributed by atoms with E-state index < -0.39 is 0 Å². The summed E-state index contributed by atoms with van der Waals surface area (Å²) in [4.78, 5) is 8.58. The van der Waals surface area contributed by atoms with Gasteiger partial charge in [-0.2, -0.15) is 0 Å².